The summed E-state index contributed by atoms with van der Waals surface area (Å²) in [4.78, 5) is 4.17. The number of nitrogens with one attached hydrogen (secondary N) is 1. The average molecular weight is 327 g/mol. The van der Waals surface area contributed by atoms with E-state index in [2.05, 4.69) is 40.1 Å². The van der Waals surface area contributed by atoms with Crippen LogP contribution >= 0.6 is 15.9 Å². The summed E-state index contributed by atoms with van der Waals surface area (Å²) in [6.07, 6.45) is 2.25. The summed E-state index contributed by atoms with van der Waals surface area (Å²) in [5, 5.41) is 3.28. The zero-order valence-electron chi connectivity index (χ0n) is 10.9. The van der Waals surface area contributed by atoms with E-state index >= 15 is 0 Å². The normalized spacial score (nSPS) is 11.2. The van der Waals surface area contributed by atoms with Gasteiger partial charge in [0.15, 0.2) is 11.7 Å². The maximum Gasteiger partial charge on any atom is 0.196 e. The fraction of sp³-hybridized carbons (Fsp3) is 0.357. The minimum Gasteiger partial charge on any atom is -0.441 e. The van der Waals surface area contributed by atoms with Crippen LogP contribution in [0.15, 0.2) is 33.3 Å². The number of aromatic nitrogens is 1. The lowest BCUT2D eigenvalue weighted by Crippen LogP contribution is -2.24. The van der Waals surface area contributed by atoms with E-state index in [0.717, 1.165) is 6.54 Å². The summed E-state index contributed by atoms with van der Waals surface area (Å²) in [6.45, 7) is 4.95. The molecule has 0 unspecified atom stereocenters. The Labute approximate surface area is 120 Å². The largest absolute Gasteiger partial charge is 0.441 e. The molecular weight excluding hydrogens is 311 g/mol. The van der Waals surface area contributed by atoms with E-state index in [9.17, 15) is 4.39 Å². The number of hydrogen-bond donors (Lipinski definition) is 1. The molecule has 0 saturated carbocycles. The Kier molecular flexibility index (Phi) is 4.71. The van der Waals surface area contributed by atoms with Crippen LogP contribution < -0.4 is 5.32 Å². The quantitative estimate of drug-likeness (QED) is 0.908. The van der Waals surface area contributed by atoms with Crippen molar-refractivity contribution >= 4 is 15.9 Å². The molecule has 0 radical (unpaired) electrons. The molecule has 0 fully saturated rings. The predicted molar refractivity (Wildman–Crippen MR) is 76.4 cm³/mol. The first kappa shape index (κ1) is 14.2. The van der Waals surface area contributed by atoms with Gasteiger partial charge in [0, 0.05) is 19.0 Å². The summed E-state index contributed by atoms with van der Waals surface area (Å²) in [5.74, 6) is 0.742. The van der Waals surface area contributed by atoms with E-state index in [1.807, 2.05) is 0 Å². The van der Waals surface area contributed by atoms with Crippen LogP contribution in [0.1, 0.15) is 19.7 Å². The van der Waals surface area contributed by atoms with E-state index in [-0.39, 0.29) is 5.82 Å². The van der Waals surface area contributed by atoms with Crippen LogP contribution in [0.5, 0.6) is 0 Å². The molecule has 102 valence electrons. The predicted octanol–water partition coefficient (Wildman–Crippen LogP) is 3.78. The smallest absolute Gasteiger partial charge is 0.196 e. The third kappa shape index (κ3) is 3.64. The van der Waals surface area contributed by atoms with Crippen LogP contribution in [0.25, 0.3) is 11.3 Å². The van der Waals surface area contributed by atoms with Crippen molar-refractivity contribution in [3.05, 3.63) is 40.6 Å². The van der Waals surface area contributed by atoms with Crippen molar-refractivity contribution in [1.29, 1.82) is 0 Å². The Morgan fingerprint density at radius 3 is 2.95 bits per heavy atom. The van der Waals surface area contributed by atoms with Crippen molar-refractivity contribution in [3.8, 4) is 11.3 Å². The van der Waals surface area contributed by atoms with Gasteiger partial charge in [-0.1, -0.05) is 19.9 Å². The maximum absolute atomic E-state index is 13.9. The number of hydrogen-bond acceptors (Lipinski definition) is 3. The first-order valence-electron chi connectivity index (χ1n) is 6.20. The maximum atomic E-state index is 13.9. The SMILES string of the molecule is CC(C)NCCc1ncc(-c2cccc(Br)c2F)o1. The van der Waals surface area contributed by atoms with Crippen LogP contribution in [0.4, 0.5) is 4.39 Å². The van der Waals surface area contributed by atoms with Crippen LogP contribution in [-0.2, 0) is 6.42 Å². The molecule has 0 atom stereocenters. The first-order valence-corrected chi connectivity index (χ1v) is 6.99. The fourth-order valence-corrected chi connectivity index (χ4v) is 2.08. The number of benzene rings is 1. The van der Waals surface area contributed by atoms with Gasteiger partial charge in [-0.05, 0) is 28.1 Å². The van der Waals surface area contributed by atoms with Crippen LogP contribution in [0.2, 0.25) is 0 Å². The Morgan fingerprint density at radius 2 is 2.21 bits per heavy atom. The molecular formula is C14H16BrFN2O. The van der Waals surface area contributed by atoms with Gasteiger partial charge < -0.3 is 9.73 Å². The highest BCUT2D eigenvalue weighted by Crippen LogP contribution is 2.28. The summed E-state index contributed by atoms with van der Waals surface area (Å²) in [5.41, 5.74) is 0.421. The molecule has 0 amide bonds. The Balaban J connectivity index is 2.10. The lowest BCUT2D eigenvalue weighted by molar-refractivity contribution is 0.482. The van der Waals surface area contributed by atoms with Gasteiger partial charge in [0.1, 0.15) is 5.82 Å². The first-order chi connectivity index (χ1) is 9.08. The lowest BCUT2D eigenvalue weighted by atomic mass is 10.2. The minimum atomic E-state index is -0.328. The monoisotopic (exact) mass is 326 g/mol. The van der Waals surface area contributed by atoms with Gasteiger partial charge in [0.25, 0.3) is 0 Å². The topological polar surface area (TPSA) is 38.1 Å². The molecule has 1 aromatic heterocycles. The molecule has 5 heteroatoms. The van der Waals surface area contributed by atoms with Crippen molar-refractivity contribution < 1.29 is 8.81 Å². The van der Waals surface area contributed by atoms with Gasteiger partial charge in [0.05, 0.1) is 16.2 Å². The standard InChI is InChI=1S/C14H16BrFN2O/c1-9(2)17-7-6-13-18-8-12(19-13)10-4-3-5-11(15)14(10)16/h3-5,8-9,17H,6-7H2,1-2H3. The second-order valence-corrected chi connectivity index (χ2v) is 5.43. The number of rotatable bonds is 5. The molecule has 2 rings (SSSR count). The Bertz CT molecular complexity index is 554. The van der Waals surface area contributed by atoms with E-state index in [4.69, 9.17) is 4.42 Å². The van der Waals surface area contributed by atoms with Gasteiger partial charge in [-0.2, -0.15) is 0 Å². The zero-order valence-corrected chi connectivity index (χ0v) is 12.5. The Morgan fingerprint density at radius 1 is 1.42 bits per heavy atom. The molecule has 0 saturated heterocycles. The molecule has 0 spiro atoms. The minimum absolute atomic E-state index is 0.328. The van der Waals surface area contributed by atoms with Crippen molar-refractivity contribution in [1.82, 2.24) is 10.3 Å². The van der Waals surface area contributed by atoms with Crippen molar-refractivity contribution in [2.45, 2.75) is 26.3 Å². The summed E-state index contributed by atoms with van der Waals surface area (Å²) >= 11 is 3.16. The number of oxazole rings is 1. The highest BCUT2D eigenvalue weighted by molar-refractivity contribution is 9.10. The zero-order chi connectivity index (χ0) is 13.8. The second-order valence-electron chi connectivity index (χ2n) is 4.58. The lowest BCUT2D eigenvalue weighted by Gasteiger charge is -2.05. The van der Waals surface area contributed by atoms with Crippen molar-refractivity contribution in [2.24, 2.45) is 0 Å². The number of nitrogens with zero attached hydrogens (tertiary/aromatic N) is 1. The van der Waals surface area contributed by atoms with E-state index in [1.165, 1.54) is 0 Å². The van der Waals surface area contributed by atoms with Crippen LogP contribution in [0.3, 0.4) is 0 Å². The summed E-state index contributed by atoms with van der Waals surface area (Å²) < 4.78 is 19.9. The van der Waals surface area contributed by atoms with Gasteiger partial charge in [-0.3, -0.25) is 0 Å². The van der Waals surface area contributed by atoms with E-state index in [1.54, 1.807) is 24.4 Å². The Hall–Kier alpha value is -1.20. The molecule has 0 aliphatic heterocycles. The molecule has 2 aromatic rings. The van der Waals surface area contributed by atoms with Gasteiger partial charge in [0.2, 0.25) is 0 Å². The third-order valence-corrected chi connectivity index (χ3v) is 3.27. The molecule has 0 bridgehead atoms. The third-order valence-electron chi connectivity index (χ3n) is 2.66. The van der Waals surface area contributed by atoms with Gasteiger partial charge in [-0.15, -0.1) is 0 Å². The molecule has 1 heterocycles. The molecule has 3 nitrogen and oxygen atoms in total. The number of halogens is 2. The van der Waals surface area contributed by atoms with Crippen LogP contribution in [0, 0.1) is 5.82 Å². The van der Waals surface area contributed by atoms with Crippen molar-refractivity contribution in [3.63, 3.8) is 0 Å². The molecule has 19 heavy (non-hydrogen) atoms. The average Bonchev–Trinajstić information content (AvgIpc) is 2.81. The molecule has 1 aromatic carbocycles. The van der Waals surface area contributed by atoms with Gasteiger partial charge in [-0.25, -0.2) is 9.37 Å². The second kappa shape index (κ2) is 6.30. The van der Waals surface area contributed by atoms with E-state index in [0.29, 0.717) is 34.1 Å². The highest BCUT2D eigenvalue weighted by Gasteiger charge is 2.12. The summed E-state index contributed by atoms with van der Waals surface area (Å²) in [6, 6.07) is 5.53. The molecule has 1 N–H and O–H groups in total. The fourth-order valence-electron chi connectivity index (χ4n) is 1.71. The van der Waals surface area contributed by atoms with Gasteiger partial charge >= 0.3 is 0 Å². The molecule has 0 aliphatic rings. The summed E-state index contributed by atoms with van der Waals surface area (Å²) in [7, 11) is 0. The van der Waals surface area contributed by atoms with Crippen molar-refractivity contribution in [2.75, 3.05) is 6.54 Å². The molecule has 0 aliphatic carbocycles. The van der Waals surface area contributed by atoms with E-state index < -0.39 is 0 Å². The highest BCUT2D eigenvalue weighted by atomic mass is 79.9. The van der Waals surface area contributed by atoms with Crippen LogP contribution in [-0.4, -0.2) is 17.6 Å².